The van der Waals surface area contributed by atoms with Crippen LogP contribution >= 0.6 is 11.6 Å². The number of rotatable bonds is 9. The number of methoxy groups -OCH3 is 1. The molecule has 0 fully saturated rings. The molecule has 0 unspecified atom stereocenters. The number of ether oxygens (including phenoxy) is 1. The van der Waals surface area contributed by atoms with Gasteiger partial charge in [0, 0.05) is 5.56 Å². The lowest BCUT2D eigenvalue weighted by molar-refractivity contribution is -0.733. The van der Waals surface area contributed by atoms with Crippen LogP contribution in [0.1, 0.15) is 12.7 Å². The summed E-state index contributed by atoms with van der Waals surface area (Å²) >= 11 is 6.15. The number of nitrogens with two attached hydrogens (primary N) is 2. The first-order valence-corrected chi connectivity index (χ1v) is 8.22. The fourth-order valence-corrected chi connectivity index (χ4v) is 2.56. The molecule has 1 aromatic heterocycles. The molecule has 2 aromatic rings. The van der Waals surface area contributed by atoms with E-state index in [9.17, 15) is 5.11 Å². The van der Waals surface area contributed by atoms with Gasteiger partial charge in [-0.15, -0.1) is 0 Å². The predicted molar refractivity (Wildman–Crippen MR) is 89.5 cm³/mol. The lowest BCUT2D eigenvalue weighted by Gasteiger charge is -2.04. The molecule has 5 nitrogen and oxygen atoms in total. The van der Waals surface area contributed by atoms with Crippen LogP contribution in [-0.2, 0) is 6.54 Å². The normalized spacial score (nSPS) is 12.3. The maximum atomic E-state index is 9.18. The minimum absolute atomic E-state index is 0.251. The van der Waals surface area contributed by atoms with E-state index in [2.05, 4.69) is 10.6 Å². The fourth-order valence-electron chi connectivity index (χ4n) is 2.30. The highest BCUT2D eigenvalue weighted by Gasteiger charge is 2.09. The average molecular weight is 341 g/mol. The zero-order valence-electron chi connectivity index (χ0n) is 13.6. The van der Waals surface area contributed by atoms with E-state index in [1.807, 2.05) is 30.3 Å². The van der Waals surface area contributed by atoms with Crippen LogP contribution in [0.25, 0.3) is 11.3 Å². The lowest BCUT2D eigenvalue weighted by Crippen LogP contribution is -2.95. The number of aliphatic hydroxyl groups is 1. The minimum atomic E-state index is -0.251. The largest absolute Gasteiger partial charge is 0.495 e. The van der Waals surface area contributed by atoms with Crippen molar-refractivity contribution in [3.63, 3.8) is 0 Å². The molecule has 0 aliphatic rings. The van der Waals surface area contributed by atoms with Crippen molar-refractivity contribution in [1.82, 2.24) is 0 Å². The molecule has 2 rings (SSSR count). The summed E-state index contributed by atoms with van der Waals surface area (Å²) in [5.41, 5.74) is 0.937. The summed E-state index contributed by atoms with van der Waals surface area (Å²) in [6, 6.07) is 9.56. The van der Waals surface area contributed by atoms with Crippen molar-refractivity contribution in [3.05, 3.63) is 41.1 Å². The minimum Gasteiger partial charge on any atom is -0.495 e. The van der Waals surface area contributed by atoms with E-state index in [0.29, 0.717) is 10.8 Å². The zero-order chi connectivity index (χ0) is 16.7. The molecule has 0 amide bonds. The molecule has 5 N–H and O–H groups in total. The van der Waals surface area contributed by atoms with E-state index in [4.69, 9.17) is 20.8 Å². The lowest BCUT2D eigenvalue weighted by atomic mass is 10.2. The second-order valence-electron chi connectivity index (χ2n) is 5.56. The van der Waals surface area contributed by atoms with Crippen molar-refractivity contribution in [2.75, 3.05) is 26.7 Å². The Morgan fingerprint density at radius 3 is 2.70 bits per heavy atom. The summed E-state index contributed by atoms with van der Waals surface area (Å²) in [4.78, 5) is 0. The Morgan fingerprint density at radius 1 is 1.22 bits per heavy atom. The number of hydrogen-bond acceptors (Lipinski definition) is 3. The van der Waals surface area contributed by atoms with Crippen LogP contribution in [-0.4, -0.2) is 38.0 Å². The van der Waals surface area contributed by atoms with E-state index in [1.165, 1.54) is 0 Å². The second-order valence-corrected chi connectivity index (χ2v) is 5.97. The topological polar surface area (TPSA) is 75.8 Å². The fraction of sp³-hybridized carbons (Fsp3) is 0.412. The van der Waals surface area contributed by atoms with Crippen LogP contribution in [0.4, 0.5) is 0 Å². The van der Waals surface area contributed by atoms with Crippen molar-refractivity contribution in [1.29, 1.82) is 0 Å². The molecule has 1 aromatic carbocycles. The molecule has 0 bridgehead atoms. The van der Waals surface area contributed by atoms with Gasteiger partial charge in [-0.1, -0.05) is 11.6 Å². The smallest absolute Gasteiger partial charge is 0.158 e. The Hall–Kier alpha value is -1.53. The Labute approximate surface area is 141 Å². The van der Waals surface area contributed by atoms with E-state index in [1.54, 1.807) is 14.0 Å². The molecule has 0 saturated carbocycles. The van der Waals surface area contributed by atoms with Gasteiger partial charge in [0.25, 0.3) is 0 Å². The molecular formula is C17H25ClN2O3+2. The highest BCUT2D eigenvalue weighted by molar-refractivity contribution is 6.32. The summed E-state index contributed by atoms with van der Waals surface area (Å²) in [5, 5.41) is 14.1. The van der Waals surface area contributed by atoms with Gasteiger partial charge in [-0.05, 0) is 37.3 Å². The standard InChI is InChI=1S/C17H23ClN2O3/c1-12(21)10-19-7-8-20-11-14-4-6-16(23-14)13-3-5-17(22-2)15(18)9-13/h3-6,9,12,19-21H,7-8,10-11H2,1-2H3/p+2/t12-/m1/s1. The van der Waals surface area contributed by atoms with Gasteiger partial charge in [0.2, 0.25) is 0 Å². The van der Waals surface area contributed by atoms with Crippen LogP contribution < -0.4 is 15.4 Å². The molecule has 6 heteroatoms. The monoisotopic (exact) mass is 340 g/mol. The van der Waals surface area contributed by atoms with Crippen LogP contribution in [0.15, 0.2) is 34.7 Å². The van der Waals surface area contributed by atoms with Crippen LogP contribution in [0.2, 0.25) is 5.02 Å². The number of benzene rings is 1. The van der Waals surface area contributed by atoms with Crippen molar-refractivity contribution < 1.29 is 24.9 Å². The third-order valence-electron chi connectivity index (χ3n) is 3.53. The van der Waals surface area contributed by atoms with E-state index >= 15 is 0 Å². The van der Waals surface area contributed by atoms with Gasteiger partial charge < -0.3 is 24.9 Å². The van der Waals surface area contributed by atoms with Crippen LogP contribution in [0.3, 0.4) is 0 Å². The molecular weight excluding hydrogens is 316 g/mol. The van der Waals surface area contributed by atoms with Crippen LogP contribution in [0, 0.1) is 0 Å². The van der Waals surface area contributed by atoms with Crippen molar-refractivity contribution >= 4 is 11.6 Å². The van der Waals surface area contributed by atoms with E-state index < -0.39 is 0 Å². The third-order valence-corrected chi connectivity index (χ3v) is 3.82. The zero-order valence-corrected chi connectivity index (χ0v) is 14.3. The molecule has 23 heavy (non-hydrogen) atoms. The van der Waals surface area contributed by atoms with Gasteiger partial charge in [0.15, 0.2) is 5.76 Å². The first-order valence-electron chi connectivity index (χ1n) is 7.84. The molecule has 0 saturated heterocycles. The van der Waals surface area contributed by atoms with Crippen molar-refractivity contribution in [3.8, 4) is 17.1 Å². The Bertz CT molecular complexity index is 614. The highest BCUT2D eigenvalue weighted by Crippen LogP contribution is 2.30. The number of quaternary nitrogens is 2. The van der Waals surface area contributed by atoms with Gasteiger partial charge in [0.1, 0.15) is 37.7 Å². The molecule has 0 spiro atoms. The summed E-state index contributed by atoms with van der Waals surface area (Å²) in [6.07, 6.45) is -0.251. The third kappa shape index (κ3) is 5.55. The maximum absolute atomic E-state index is 9.18. The molecule has 0 aliphatic carbocycles. The number of aliphatic hydroxyl groups excluding tert-OH is 1. The van der Waals surface area contributed by atoms with Crippen molar-refractivity contribution in [2.24, 2.45) is 0 Å². The first-order chi connectivity index (χ1) is 11.1. The Morgan fingerprint density at radius 2 is 2.00 bits per heavy atom. The number of hydrogen-bond donors (Lipinski definition) is 3. The first kappa shape index (κ1) is 17.8. The molecule has 0 aliphatic heterocycles. The van der Waals surface area contributed by atoms with Gasteiger partial charge in [-0.2, -0.15) is 0 Å². The van der Waals surface area contributed by atoms with Crippen LogP contribution in [0.5, 0.6) is 5.75 Å². The Balaban J connectivity index is 1.82. The van der Waals surface area contributed by atoms with E-state index in [-0.39, 0.29) is 6.10 Å². The predicted octanol–water partition coefficient (Wildman–Crippen LogP) is 0.616. The van der Waals surface area contributed by atoms with Gasteiger partial charge in [-0.25, -0.2) is 0 Å². The Kier molecular flexibility index (Phi) is 6.92. The second kappa shape index (κ2) is 8.93. The highest BCUT2D eigenvalue weighted by atomic mass is 35.5. The quantitative estimate of drug-likeness (QED) is 0.586. The summed E-state index contributed by atoms with van der Waals surface area (Å²) in [7, 11) is 1.60. The van der Waals surface area contributed by atoms with Gasteiger partial charge in [-0.3, -0.25) is 0 Å². The summed E-state index contributed by atoms with van der Waals surface area (Å²) < 4.78 is 11.0. The molecule has 1 heterocycles. The number of halogens is 1. The molecule has 0 radical (unpaired) electrons. The van der Waals surface area contributed by atoms with Gasteiger partial charge >= 0.3 is 0 Å². The van der Waals surface area contributed by atoms with E-state index in [0.717, 1.165) is 43.3 Å². The van der Waals surface area contributed by atoms with Crippen molar-refractivity contribution in [2.45, 2.75) is 19.6 Å². The average Bonchev–Trinajstić information content (AvgIpc) is 2.99. The maximum Gasteiger partial charge on any atom is 0.158 e. The molecule has 126 valence electrons. The van der Waals surface area contributed by atoms with Gasteiger partial charge in [0.05, 0.1) is 18.2 Å². The summed E-state index contributed by atoms with van der Waals surface area (Å²) in [6.45, 7) is 5.31. The number of furan rings is 1. The summed E-state index contributed by atoms with van der Waals surface area (Å²) in [5.74, 6) is 2.39. The SMILES string of the molecule is COc1ccc(-c2ccc(C[NH2+]CC[NH2+]C[C@@H](C)O)o2)cc1Cl. The molecule has 1 atom stereocenters.